The molecule has 1 radical (unpaired) electrons. The van der Waals surface area contributed by atoms with E-state index in [1.54, 1.807) is 0 Å². The molecule has 0 rings (SSSR count). The second kappa shape index (κ2) is 3.56. The Labute approximate surface area is 46.7 Å². The van der Waals surface area contributed by atoms with Crippen molar-refractivity contribution >= 4 is 27.1 Å². The van der Waals surface area contributed by atoms with E-state index in [-0.39, 0.29) is 0 Å². The van der Waals surface area contributed by atoms with Gasteiger partial charge in [-0.2, -0.15) is 0 Å². The molecule has 6 heavy (non-hydrogen) atoms. The number of hydrogen-bond donors (Lipinski definition) is 1. The molecule has 2 nitrogen and oxygen atoms in total. The van der Waals surface area contributed by atoms with E-state index < -0.39 is 11.1 Å². The van der Waals surface area contributed by atoms with Gasteiger partial charge in [-0.05, 0) is 0 Å². The Morgan fingerprint density at radius 1 is 1.83 bits per heavy atom. The Hall–Kier alpha value is 0.369. The van der Waals surface area contributed by atoms with Gasteiger partial charge in [-0.25, -0.2) is 0 Å². The second-order valence-electron chi connectivity index (χ2n) is 0.548. The molecule has 1 unspecified atom stereocenters. The second-order valence-corrected chi connectivity index (χ2v) is 1.94. The minimum atomic E-state index is -1.78. The summed E-state index contributed by atoms with van der Waals surface area (Å²) in [6.45, 7) is 0. The summed E-state index contributed by atoms with van der Waals surface area (Å²) in [7, 11) is 0. The minimum absolute atomic E-state index is 1.14. The molecule has 35 valence electrons. The normalized spacial score (nSPS) is 15.5. The molecule has 0 aromatic rings. The van der Waals surface area contributed by atoms with Crippen molar-refractivity contribution in [3.63, 3.8) is 0 Å². The van der Waals surface area contributed by atoms with Crippen LogP contribution in [0.3, 0.4) is 0 Å². The molecule has 4 heteroatoms. The molecule has 0 aliphatic heterocycles. The van der Waals surface area contributed by atoms with Crippen LogP contribution in [0.4, 0.5) is 0 Å². The Bertz CT molecular complexity index is 79.6. The van der Waals surface area contributed by atoms with Gasteiger partial charge in [-0.15, -0.1) is 0 Å². The van der Waals surface area contributed by atoms with Crippen molar-refractivity contribution in [3.05, 3.63) is 10.4 Å². The molecule has 0 saturated carbocycles. The molecule has 0 aromatic heterocycles. The third kappa shape index (κ3) is 4.37. The van der Waals surface area contributed by atoms with Crippen LogP contribution in [0.25, 0.3) is 0 Å². The summed E-state index contributed by atoms with van der Waals surface area (Å²) in [5.74, 6) is 0. The summed E-state index contributed by atoms with van der Waals surface area (Å²) in [5, 5.41) is 1.14. The molecular weight excluding hydrogens is 167 g/mol. The molecule has 0 aromatic carbocycles. The van der Waals surface area contributed by atoms with E-state index in [2.05, 4.69) is 16.0 Å². The van der Waals surface area contributed by atoms with E-state index in [4.69, 9.17) is 4.55 Å². The molecule has 0 spiro atoms. The summed E-state index contributed by atoms with van der Waals surface area (Å²) in [4.78, 5) is 1.40. The summed E-state index contributed by atoms with van der Waals surface area (Å²) >= 11 is 0.663. The first kappa shape index (κ1) is 6.37. The monoisotopic (exact) mass is 171 g/mol. The summed E-state index contributed by atoms with van der Waals surface area (Å²) in [5.41, 5.74) is 0. The third-order valence-corrected chi connectivity index (χ3v) is 1.22. The molecular formula is C2H3O2SSe. The molecule has 1 atom stereocenters. The van der Waals surface area contributed by atoms with Gasteiger partial charge in [0.05, 0.1) is 0 Å². The van der Waals surface area contributed by atoms with Crippen LogP contribution < -0.4 is 0 Å². The van der Waals surface area contributed by atoms with Crippen molar-refractivity contribution in [2.24, 2.45) is 0 Å². The van der Waals surface area contributed by atoms with Crippen LogP contribution in [0.1, 0.15) is 0 Å². The molecule has 0 saturated heterocycles. The maximum atomic E-state index is 9.60. The molecule has 1 N–H and O–H groups in total. The van der Waals surface area contributed by atoms with Gasteiger partial charge in [-0.3, -0.25) is 0 Å². The fourth-order valence-corrected chi connectivity index (χ4v) is 0.741. The zero-order valence-corrected chi connectivity index (χ0v) is 5.36. The molecule has 0 aliphatic carbocycles. The van der Waals surface area contributed by atoms with Gasteiger partial charge in [0.1, 0.15) is 0 Å². The van der Waals surface area contributed by atoms with Crippen molar-refractivity contribution in [2.45, 2.75) is 0 Å². The van der Waals surface area contributed by atoms with Crippen molar-refractivity contribution in [3.8, 4) is 0 Å². The predicted octanol–water partition coefficient (Wildman–Crippen LogP) is -0.152. The number of rotatable bonds is 1. The topological polar surface area (TPSA) is 37.3 Å². The van der Waals surface area contributed by atoms with Gasteiger partial charge in [0.25, 0.3) is 0 Å². The molecule has 0 fully saturated rings. The van der Waals surface area contributed by atoms with Gasteiger partial charge in [-0.1, -0.05) is 0 Å². The van der Waals surface area contributed by atoms with Gasteiger partial charge in [0.2, 0.25) is 0 Å². The first-order valence-corrected chi connectivity index (χ1v) is 3.31. The standard InChI is InChI=1S/C2H3O2SSe/c3-5(4)1-2-6/h1-2H,(H,3,4)/b2-1+. The maximum absolute atomic E-state index is 9.60. The Morgan fingerprint density at radius 2 is 2.33 bits per heavy atom. The summed E-state index contributed by atoms with van der Waals surface area (Å²) in [6.07, 6.45) is 0. The van der Waals surface area contributed by atoms with Crippen molar-refractivity contribution in [1.82, 2.24) is 0 Å². The van der Waals surface area contributed by atoms with E-state index in [1.807, 2.05) is 0 Å². The van der Waals surface area contributed by atoms with E-state index >= 15 is 0 Å². The van der Waals surface area contributed by atoms with Crippen molar-refractivity contribution in [2.75, 3.05) is 0 Å². The van der Waals surface area contributed by atoms with Crippen LogP contribution >= 0.6 is 0 Å². The number of hydrogen-bond acceptors (Lipinski definition) is 1. The van der Waals surface area contributed by atoms with Gasteiger partial charge in [0, 0.05) is 0 Å². The average molecular weight is 170 g/mol. The van der Waals surface area contributed by atoms with Crippen molar-refractivity contribution < 1.29 is 8.76 Å². The fourth-order valence-electron chi connectivity index (χ4n) is 0.0475. The molecule has 0 amide bonds. The van der Waals surface area contributed by atoms with E-state index in [0.29, 0.717) is 0 Å². The van der Waals surface area contributed by atoms with Crippen LogP contribution in [0.2, 0.25) is 0 Å². The van der Waals surface area contributed by atoms with Gasteiger partial charge >= 0.3 is 46.2 Å². The summed E-state index contributed by atoms with van der Waals surface area (Å²) < 4.78 is 17.5. The predicted molar refractivity (Wildman–Crippen MR) is 25.7 cm³/mol. The third-order valence-electron chi connectivity index (χ3n) is 0.172. The van der Waals surface area contributed by atoms with Crippen LogP contribution in [-0.4, -0.2) is 24.8 Å². The molecule has 0 aliphatic rings. The van der Waals surface area contributed by atoms with Gasteiger partial charge in [0.15, 0.2) is 0 Å². The quantitative estimate of drug-likeness (QED) is 0.438. The Morgan fingerprint density at radius 3 is 2.33 bits per heavy atom. The fraction of sp³-hybridized carbons (Fsp3) is 0. The molecule has 0 heterocycles. The van der Waals surface area contributed by atoms with Crippen molar-refractivity contribution in [1.29, 1.82) is 0 Å². The molecule has 0 bridgehead atoms. The van der Waals surface area contributed by atoms with Crippen LogP contribution in [0.15, 0.2) is 10.4 Å². The van der Waals surface area contributed by atoms with Crippen LogP contribution in [0.5, 0.6) is 0 Å². The average Bonchev–Trinajstić information content (AvgIpc) is 1.35. The Balaban J connectivity index is 3.30. The van der Waals surface area contributed by atoms with Gasteiger partial charge < -0.3 is 0 Å². The first-order chi connectivity index (χ1) is 2.77. The zero-order valence-electron chi connectivity index (χ0n) is 2.83. The first-order valence-electron chi connectivity index (χ1n) is 1.15. The van der Waals surface area contributed by atoms with Crippen LogP contribution in [-0.2, 0) is 11.1 Å². The zero-order chi connectivity index (χ0) is 4.99. The SMILES string of the molecule is O=S(O)/C=C/[Se]. The van der Waals surface area contributed by atoms with E-state index in [1.165, 1.54) is 4.97 Å². The van der Waals surface area contributed by atoms with E-state index in [9.17, 15) is 4.21 Å². The van der Waals surface area contributed by atoms with Crippen LogP contribution in [0, 0.1) is 0 Å². The van der Waals surface area contributed by atoms with E-state index in [0.717, 1.165) is 5.41 Å². The Kier molecular flexibility index (Phi) is 3.77. The summed E-state index contributed by atoms with van der Waals surface area (Å²) in [6, 6.07) is 0.